The number of fused-ring (bicyclic) bond motifs is 3. The van der Waals surface area contributed by atoms with Crippen LogP contribution in [0, 0.1) is 0 Å². The van der Waals surface area contributed by atoms with Gasteiger partial charge in [-0.3, -0.25) is 0 Å². The first-order chi connectivity index (χ1) is 15.5. The normalized spacial score (nSPS) is 18.9. The average molecular weight is 492 g/mol. The lowest BCUT2D eigenvalue weighted by Crippen LogP contribution is -2.47. The Kier molecular flexibility index (Phi) is 7.24. The average Bonchev–Trinajstić information content (AvgIpc) is 3.30. The van der Waals surface area contributed by atoms with Crippen molar-refractivity contribution in [1.29, 1.82) is 0 Å². The molecule has 0 spiro atoms. The summed E-state index contributed by atoms with van der Waals surface area (Å²) in [6.07, 6.45) is 1.97. The summed E-state index contributed by atoms with van der Waals surface area (Å²) in [4.78, 5) is 17.6. The molecular formula is C23H27N2O4S3+. The third kappa shape index (κ3) is 4.10. The SMILES string of the molecule is CCOC(C[N+]1=C(SC)SC(=C2Sc3c(ccc4ccccc34)N2C)C1=O)(OC)OCC. The van der Waals surface area contributed by atoms with E-state index in [9.17, 15) is 4.79 Å². The lowest BCUT2D eigenvalue weighted by molar-refractivity contribution is -0.523. The van der Waals surface area contributed by atoms with E-state index in [1.807, 2.05) is 33.2 Å². The number of carbonyl (C=O) groups is 1. The Hall–Kier alpha value is -1.49. The van der Waals surface area contributed by atoms with Crippen LogP contribution in [0.15, 0.2) is 51.2 Å². The molecule has 0 fully saturated rings. The minimum Gasteiger partial charge on any atom is -0.337 e. The molecule has 0 atom stereocenters. The molecule has 0 aromatic heterocycles. The highest BCUT2D eigenvalue weighted by Gasteiger charge is 2.48. The van der Waals surface area contributed by atoms with Gasteiger partial charge in [-0.2, -0.15) is 0 Å². The van der Waals surface area contributed by atoms with Crippen LogP contribution in [-0.4, -0.2) is 61.0 Å². The molecule has 0 saturated heterocycles. The van der Waals surface area contributed by atoms with Gasteiger partial charge in [0.1, 0.15) is 5.03 Å². The summed E-state index contributed by atoms with van der Waals surface area (Å²) in [6.45, 7) is 4.74. The largest absolute Gasteiger partial charge is 0.430 e. The van der Waals surface area contributed by atoms with Crippen LogP contribution >= 0.6 is 35.3 Å². The van der Waals surface area contributed by atoms with Gasteiger partial charge >= 0.3 is 11.9 Å². The van der Waals surface area contributed by atoms with Gasteiger partial charge in [-0.25, -0.2) is 4.79 Å². The monoisotopic (exact) mass is 491 g/mol. The third-order valence-corrected chi connectivity index (χ3v) is 9.05. The molecule has 0 radical (unpaired) electrons. The van der Waals surface area contributed by atoms with E-state index in [1.54, 1.807) is 23.4 Å². The molecule has 1 amide bonds. The molecule has 2 aliphatic heterocycles. The topological polar surface area (TPSA) is 51.0 Å². The van der Waals surface area contributed by atoms with Gasteiger partial charge in [0.2, 0.25) is 6.54 Å². The molecule has 32 heavy (non-hydrogen) atoms. The van der Waals surface area contributed by atoms with Crippen molar-refractivity contribution in [3.8, 4) is 0 Å². The summed E-state index contributed by atoms with van der Waals surface area (Å²) in [5.74, 6) is -1.36. The first kappa shape index (κ1) is 23.7. The molecule has 2 aromatic carbocycles. The molecule has 6 nitrogen and oxygen atoms in total. The van der Waals surface area contributed by atoms with Crippen LogP contribution in [0.2, 0.25) is 0 Å². The van der Waals surface area contributed by atoms with Crippen molar-refractivity contribution in [2.45, 2.75) is 24.7 Å². The number of benzene rings is 2. The van der Waals surface area contributed by atoms with Crippen LogP contribution in [0.5, 0.6) is 0 Å². The van der Waals surface area contributed by atoms with Crippen molar-refractivity contribution in [2.75, 3.05) is 45.1 Å². The summed E-state index contributed by atoms with van der Waals surface area (Å²) in [6, 6.07) is 12.6. The van der Waals surface area contributed by atoms with Crippen molar-refractivity contribution in [2.24, 2.45) is 0 Å². The van der Waals surface area contributed by atoms with E-state index >= 15 is 0 Å². The minimum absolute atomic E-state index is 0.0633. The summed E-state index contributed by atoms with van der Waals surface area (Å²) in [7, 11) is 3.56. The number of carbonyl (C=O) groups excluding carboxylic acids is 1. The van der Waals surface area contributed by atoms with Crippen LogP contribution in [0.3, 0.4) is 0 Å². The van der Waals surface area contributed by atoms with Gasteiger partial charge < -0.3 is 19.1 Å². The fraction of sp³-hybridized carbons (Fsp3) is 0.391. The van der Waals surface area contributed by atoms with Crippen LogP contribution in [-0.2, 0) is 19.0 Å². The maximum atomic E-state index is 13.6. The standard InChI is InChI=1S/C23H27N2O4S3/c1-6-28-23(27-4,29-7-2)14-25-20(26)19(32-22(25)30-5)21-24(3)17-13-12-15-10-8-9-11-16(15)18(17)31-21/h8-13H,6-7,14H2,1-5H3/q+1. The summed E-state index contributed by atoms with van der Waals surface area (Å²) in [5, 5.41) is 3.33. The van der Waals surface area contributed by atoms with E-state index in [2.05, 4.69) is 35.2 Å². The first-order valence-electron chi connectivity index (χ1n) is 10.4. The maximum absolute atomic E-state index is 13.6. The molecule has 170 valence electrons. The highest BCUT2D eigenvalue weighted by atomic mass is 32.2. The van der Waals surface area contributed by atoms with Crippen molar-refractivity contribution in [3.63, 3.8) is 0 Å². The van der Waals surface area contributed by atoms with Crippen LogP contribution < -0.4 is 4.90 Å². The van der Waals surface area contributed by atoms with Gasteiger partial charge in [-0.1, -0.05) is 53.9 Å². The Balaban J connectivity index is 1.70. The molecule has 0 saturated carbocycles. The van der Waals surface area contributed by atoms with Crippen molar-refractivity contribution < 1.29 is 23.6 Å². The fourth-order valence-electron chi connectivity index (χ4n) is 3.84. The van der Waals surface area contributed by atoms with Crippen LogP contribution in [0.4, 0.5) is 5.69 Å². The highest BCUT2D eigenvalue weighted by Crippen LogP contribution is 2.52. The van der Waals surface area contributed by atoms with E-state index in [-0.39, 0.29) is 12.5 Å². The second-order valence-corrected chi connectivity index (χ2v) is 10.2. The van der Waals surface area contributed by atoms with E-state index in [0.29, 0.717) is 18.1 Å². The molecule has 0 unspecified atom stereocenters. The molecular weight excluding hydrogens is 464 g/mol. The molecule has 2 heterocycles. The van der Waals surface area contributed by atoms with Crippen LogP contribution in [0.25, 0.3) is 10.8 Å². The molecule has 9 heteroatoms. The molecule has 0 bridgehead atoms. The molecule has 2 aliphatic rings. The number of hydrogen-bond acceptors (Lipinski definition) is 8. The predicted molar refractivity (Wildman–Crippen MR) is 134 cm³/mol. The Bertz CT molecular complexity index is 1110. The smallest absolute Gasteiger partial charge is 0.337 e. The van der Waals surface area contributed by atoms with Gasteiger partial charge in [-0.15, -0.1) is 4.58 Å². The Morgan fingerprint density at radius 2 is 1.81 bits per heavy atom. The Labute approximate surface area is 201 Å². The number of hydrogen-bond donors (Lipinski definition) is 0. The van der Waals surface area contributed by atoms with Gasteiger partial charge in [0.15, 0.2) is 4.91 Å². The van der Waals surface area contributed by atoms with Crippen molar-refractivity contribution >= 4 is 62.0 Å². The van der Waals surface area contributed by atoms with Crippen molar-refractivity contribution in [1.82, 2.24) is 0 Å². The number of rotatable bonds is 7. The van der Waals surface area contributed by atoms with Crippen molar-refractivity contribution in [3.05, 3.63) is 46.3 Å². The second kappa shape index (κ2) is 9.79. The second-order valence-electron chi connectivity index (χ2n) is 7.15. The number of anilines is 1. The zero-order valence-corrected chi connectivity index (χ0v) is 21.3. The Morgan fingerprint density at radius 3 is 2.47 bits per heavy atom. The van der Waals surface area contributed by atoms with Crippen LogP contribution in [0.1, 0.15) is 13.8 Å². The Morgan fingerprint density at radius 1 is 1.09 bits per heavy atom. The number of thioether (sulfide) groups is 3. The van der Waals surface area contributed by atoms with Gasteiger partial charge in [0, 0.05) is 44.0 Å². The number of nitrogens with zero attached hydrogens (tertiary/aromatic N) is 2. The summed E-state index contributed by atoms with van der Waals surface area (Å²) >= 11 is 4.69. The predicted octanol–water partition coefficient (Wildman–Crippen LogP) is 4.93. The minimum atomic E-state index is -1.30. The molecule has 2 aromatic rings. The highest BCUT2D eigenvalue weighted by molar-refractivity contribution is 8.40. The van der Waals surface area contributed by atoms with Gasteiger partial charge in [0.05, 0.1) is 5.69 Å². The van der Waals surface area contributed by atoms with E-state index < -0.39 is 5.97 Å². The molecule has 0 aliphatic carbocycles. The van der Waals surface area contributed by atoms with Gasteiger partial charge in [0.25, 0.3) is 4.38 Å². The quantitative estimate of drug-likeness (QED) is 0.307. The first-order valence-corrected chi connectivity index (χ1v) is 13.3. The summed E-state index contributed by atoms with van der Waals surface area (Å²) < 4.78 is 19.8. The van der Waals surface area contributed by atoms with Gasteiger partial charge in [-0.05, 0) is 36.9 Å². The van der Waals surface area contributed by atoms with E-state index in [4.69, 9.17) is 14.2 Å². The lowest BCUT2D eigenvalue weighted by atomic mass is 10.1. The number of ether oxygens (including phenoxy) is 3. The number of methoxy groups -OCH3 is 1. The number of amides is 1. The fourth-order valence-corrected chi connectivity index (χ4v) is 7.11. The summed E-state index contributed by atoms with van der Waals surface area (Å²) in [5.41, 5.74) is 1.11. The van der Waals surface area contributed by atoms with E-state index in [1.165, 1.54) is 39.2 Å². The lowest BCUT2D eigenvalue weighted by Gasteiger charge is -2.28. The zero-order valence-electron chi connectivity index (χ0n) is 18.8. The molecule has 4 rings (SSSR count). The van der Waals surface area contributed by atoms with E-state index in [0.717, 1.165) is 15.1 Å². The zero-order chi connectivity index (χ0) is 22.9. The third-order valence-electron chi connectivity index (χ3n) is 5.33. The maximum Gasteiger partial charge on any atom is 0.430 e. The molecule has 0 N–H and O–H groups in total.